The molecule has 1 unspecified atom stereocenters. The molecule has 0 amide bonds. The van der Waals surface area contributed by atoms with Crippen LogP contribution in [0, 0.1) is 0 Å². The van der Waals surface area contributed by atoms with E-state index in [0.29, 0.717) is 11.9 Å². The molecule has 0 aromatic heterocycles. The monoisotopic (exact) mass is 128 g/mol. The van der Waals surface area contributed by atoms with Crippen molar-refractivity contribution in [2.24, 2.45) is 5.73 Å². The standard InChI is InChI=1S/C5H8N2O2/c1-7-5(6)4(2-8)3-9-7/h2-3,5H,6H2,1H3. The van der Waals surface area contributed by atoms with Crippen molar-refractivity contribution in [3.05, 3.63) is 11.8 Å². The second-order valence-electron chi connectivity index (χ2n) is 1.83. The lowest BCUT2D eigenvalue weighted by atomic mass is 10.3. The van der Waals surface area contributed by atoms with Crippen LogP contribution in [0.4, 0.5) is 0 Å². The molecule has 0 fully saturated rings. The number of nitrogens with zero attached hydrogens (tertiary/aromatic N) is 1. The summed E-state index contributed by atoms with van der Waals surface area (Å²) in [5, 5.41) is 1.41. The molecule has 2 N–H and O–H groups in total. The number of carbonyl (C=O) groups is 1. The zero-order valence-corrected chi connectivity index (χ0v) is 5.07. The highest BCUT2D eigenvalue weighted by Crippen LogP contribution is 2.09. The van der Waals surface area contributed by atoms with E-state index in [1.54, 1.807) is 7.05 Å². The quantitative estimate of drug-likeness (QED) is 0.471. The van der Waals surface area contributed by atoms with Crippen molar-refractivity contribution in [1.29, 1.82) is 0 Å². The molecule has 0 spiro atoms. The van der Waals surface area contributed by atoms with E-state index in [4.69, 9.17) is 10.6 Å². The first-order valence-corrected chi connectivity index (χ1v) is 2.56. The number of likely N-dealkylation sites (N-methyl/N-ethyl adjacent to an activating group) is 1. The fourth-order valence-corrected chi connectivity index (χ4v) is 0.587. The molecule has 1 aliphatic rings. The van der Waals surface area contributed by atoms with E-state index in [2.05, 4.69) is 0 Å². The van der Waals surface area contributed by atoms with E-state index < -0.39 is 6.17 Å². The first-order valence-electron chi connectivity index (χ1n) is 2.56. The Bertz CT molecular complexity index is 155. The Kier molecular flexibility index (Phi) is 1.50. The Morgan fingerprint density at radius 3 is 2.89 bits per heavy atom. The highest BCUT2D eigenvalue weighted by molar-refractivity contribution is 5.74. The number of hydroxylamine groups is 2. The smallest absolute Gasteiger partial charge is 0.152 e. The molecular weight excluding hydrogens is 120 g/mol. The first-order chi connectivity index (χ1) is 4.25. The average molecular weight is 128 g/mol. The van der Waals surface area contributed by atoms with Crippen LogP contribution in [0.15, 0.2) is 11.8 Å². The normalized spacial score (nSPS) is 27.3. The van der Waals surface area contributed by atoms with Gasteiger partial charge in [0.2, 0.25) is 0 Å². The number of hydrogen-bond acceptors (Lipinski definition) is 4. The molecule has 0 saturated carbocycles. The minimum Gasteiger partial charge on any atom is -0.412 e. The number of rotatable bonds is 1. The topological polar surface area (TPSA) is 55.6 Å². The van der Waals surface area contributed by atoms with E-state index in [1.165, 1.54) is 11.3 Å². The zero-order valence-electron chi connectivity index (χ0n) is 5.07. The SMILES string of the molecule is CN1OC=C(C=O)C1N. The van der Waals surface area contributed by atoms with Gasteiger partial charge >= 0.3 is 0 Å². The summed E-state index contributed by atoms with van der Waals surface area (Å²) in [6, 6.07) is 0. The minimum absolute atomic E-state index is 0.400. The van der Waals surface area contributed by atoms with Gasteiger partial charge in [0.05, 0.1) is 5.57 Å². The van der Waals surface area contributed by atoms with E-state index >= 15 is 0 Å². The Balaban J connectivity index is 2.66. The second-order valence-corrected chi connectivity index (χ2v) is 1.83. The summed E-state index contributed by atoms with van der Waals surface area (Å²) >= 11 is 0. The summed E-state index contributed by atoms with van der Waals surface area (Å²) in [4.78, 5) is 14.9. The van der Waals surface area contributed by atoms with Gasteiger partial charge in [-0.3, -0.25) is 4.79 Å². The highest BCUT2D eigenvalue weighted by Gasteiger charge is 2.21. The van der Waals surface area contributed by atoms with Crippen molar-refractivity contribution >= 4 is 6.29 Å². The van der Waals surface area contributed by atoms with Gasteiger partial charge in [0.25, 0.3) is 0 Å². The van der Waals surface area contributed by atoms with Crippen LogP contribution in [0.2, 0.25) is 0 Å². The Morgan fingerprint density at radius 1 is 2.00 bits per heavy atom. The van der Waals surface area contributed by atoms with Crippen LogP contribution in [0.5, 0.6) is 0 Å². The summed E-state index contributed by atoms with van der Waals surface area (Å²) < 4.78 is 0. The van der Waals surface area contributed by atoms with Crippen LogP contribution in [-0.4, -0.2) is 24.6 Å². The van der Waals surface area contributed by atoms with Gasteiger partial charge in [-0.15, -0.1) is 5.06 Å². The lowest BCUT2D eigenvalue weighted by Crippen LogP contribution is -2.35. The summed E-state index contributed by atoms with van der Waals surface area (Å²) in [6.45, 7) is 0. The van der Waals surface area contributed by atoms with Gasteiger partial charge in [0, 0.05) is 7.05 Å². The van der Waals surface area contributed by atoms with Crippen LogP contribution < -0.4 is 5.73 Å². The molecule has 1 aliphatic heterocycles. The van der Waals surface area contributed by atoms with Crippen molar-refractivity contribution < 1.29 is 9.63 Å². The average Bonchev–Trinajstić information content (AvgIpc) is 2.15. The molecule has 0 aromatic carbocycles. The van der Waals surface area contributed by atoms with Crippen molar-refractivity contribution in [3.63, 3.8) is 0 Å². The van der Waals surface area contributed by atoms with Gasteiger partial charge < -0.3 is 10.6 Å². The van der Waals surface area contributed by atoms with Crippen LogP contribution in [0.1, 0.15) is 0 Å². The molecule has 0 aliphatic carbocycles. The molecule has 4 heteroatoms. The van der Waals surface area contributed by atoms with Crippen LogP contribution in [0.25, 0.3) is 0 Å². The molecule has 0 bridgehead atoms. The van der Waals surface area contributed by atoms with Crippen molar-refractivity contribution in [3.8, 4) is 0 Å². The fourth-order valence-electron chi connectivity index (χ4n) is 0.587. The number of aldehydes is 1. The molecule has 1 atom stereocenters. The van der Waals surface area contributed by atoms with E-state index in [1.807, 2.05) is 0 Å². The maximum absolute atomic E-state index is 10.1. The van der Waals surface area contributed by atoms with Crippen LogP contribution in [0.3, 0.4) is 0 Å². The lowest BCUT2D eigenvalue weighted by Gasteiger charge is -2.12. The predicted octanol–water partition coefficient (Wildman–Crippen LogP) is -0.769. The lowest BCUT2D eigenvalue weighted by molar-refractivity contribution is -0.106. The fraction of sp³-hybridized carbons (Fsp3) is 0.400. The number of hydrogen-bond donors (Lipinski definition) is 1. The third-order valence-corrected chi connectivity index (χ3v) is 1.22. The van der Waals surface area contributed by atoms with Gasteiger partial charge in [0.1, 0.15) is 12.4 Å². The predicted molar refractivity (Wildman–Crippen MR) is 31.0 cm³/mol. The molecule has 4 nitrogen and oxygen atoms in total. The maximum Gasteiger partial charge on any atom is 0.152 e. The molecular formula is C5H8N2O2. The van der Waals surface area contributed by atoms with Gasteiger partial charge in [-0.05, 0) is 0 Å². The molecule has 0 aromatic rings. The largest absolute Gasteiger partial charge is 0.412 e. The molecule has 0 radical (unpaired) electrons. The van der Waals surface area contributed by atoms with Crippen molar-refractivity contribution in [2.75, 3.05) is 7.05 Å². The third kappa shape index (κ3) is 0.940. The highest BCUT2D eigenvalue weighted by atomic mass is 16.7. The number of carbonyl (C=O) groups excluding carboxylic acids is 1. The molecule has 1 heterocycles. The molecule has 0 saturated heterocycles. The Labute approximate surface area is 52.8 Å². The molecule has 9 heavy (non-hydrogen) atoms. The van der Waals surface area contributed by atoms with Gasteiger partial charge in [-0.2, -0.15) is 0 Å². The second kappa shape index (κ2) is 2.16. The maximum atomic E-state index is 10.1. The molecule has 50 valence electrons. The first kappa shape index (κ1) is 6.25. The Hall–Kier alpha value is -0.870. The summed E-state index contributed by atoms with van der Waals surface area (Å²) in [7, 11) is 1.66. The zero-order chi connectivity index (χ0) is 6.85. The van der Waals surface area contributed by atoms with E-state index in [9.17, 15) is 4.79 Å². The summed E-state index contributed by atoms with van der Waals surface area (Å²) in [5.74, 6) is 0. The summed E-state index contributed by atoms with van der Waals surface area (Å²) in [6.07, 6.45) is 1.63. The van der Waals surface area contributed by atoms with Crippen LogP contribution >= 0.6 is 0 Å². The number of nitrogens with two attached hydrogens (primary N) is 1. The van der Waals surface area contributed by atoms with Gasteiger partial charge in [-0.1, -0.05) is 0 Å². The minimum atomic E-state index is -0.400. The van der Waals surface area contributed by atoms with Crippen LogP contribution in [-0.2, 0) is 9.63 Å². The third-order valence-electron chi connectivity index (χ3n) is 1.22. The van der Waals surface area contributed by atoms with Crippen molar-refractivity contribution in [1.82, 2.24) is 5.06 Å². The van der Waals surface area contributed by atoms with E-state index in [-0.39, 0.29) is 0 Å². The van der Waals surface area contributed by atoms with Gasteiger partial charge in [0.15, 0.2) is 6.29 Å². The molecule has 1 rings (SSSR count). The Morgan fingerprint density at radius 2 is 2.67 bits per heavy atom. The van der Waals surface area contributed by atoms with Crippen molar-refractivity contribution in [2.45, 2.75) is 6.17 Å². The van der Waals surface area contributed by atoms with Gasteiger partial charge in [-0.25, -0.2) is 0 Å². The van der Waals surface area contributed by atoms with E-state index in [0.717, 1.165) is 0 Å². The summed E-state index contributed by atoms with van der Waals surface area (Å²) in [5.41, 5.74) is 5.90.